The number of nitrogens with one attached hydrogen (secondary N) is 1. The molecule has 4 rings (SSSR count). The first kappa shape index (κ1) is 25.9. The summed E-state index contributed by atoms with van der Waals surface area (Å²) in [5, 5.41) is 14.9. The Bertz CT molecular complexity index is 1320. The molecule has 7 nitrogen and oxygen atoms in total. The summed E-state index contributed by atoms with van der Waals surface area (Å²) in [5.74, 6) is 0.966. The van der Waals surface area contributed by atoms with Gasteiger partial charge >= 0.3 is 0 Å². The molecule has 0 radical (unpaired) electrons. The van der Waals surface area contributed by atoms with E-state index in [4.69, 9.17) is 4.74 Å². The van der Waals surface area contributed by atoms with Gasteiger partial charge in [-0.2, -0.15) is 0 Å². The molecule has 1 amide bonds. The maximum atomic E-state index is 12.6. The molecule has 0 aromatic heterocycles. The van der Waals surface area contributed by atoms with Crippen molar-refractivity contribution in [2.24, 2.45) is 0 Å². The van der Waals surface area contributed by atoms with Gasteiger partial charge in [-0.3, -0.25) is 14.9 Å². The molecule has 7 heteroatoms. The second kappa shape index (κ2) is 11.3. The lowest BCUT2D eigenvalue weighted by Crippen LogP contribution is -2.33. The van der Waals surface area contributed by atoms with Crippen LogP contribution in [-0.2, 0) is 4.79 Å². The Kier molecular flexibility index (Phi) is 7.92. The number of benzene rings is 3. The number of hydrogen-bond donors (Lipinski definition) is 1. The Morgan fingerprint density at radius 2 is 1.73 bits per heavy atom. The molecule has 1 fully saturated rings. The molecule has 37 heavy (non-hydrogen) atoms. The zero-order valence-electron chi connectivity index (χ0n) is 21.8. The molecule has 192 valence electrons. The van der Waals surface area contributed by atoms with E-state index >= 15 is 0 Å². The highest BCUT2D eigenvalue weighted by molar-refractivity contribution is 6.03. The number of ether oxygens (including phenoxy) is 1. The Labute approximate surface area is 217 Å². The summed E-state index contributed by atoms with van der Waals surface area (Å²) in [7, 11) is 1.68. The third-order valence-corrected chi connectivity index (χ3v) is 6.96. The van der Waals surface area contributed by atoms with Gasteiger partial charge in [0, 0.05) is 30.9 Å². The molecule has 3 aromatic carbocycles. The second-order valence-corrected chi connectivity index (χ2v) is 9.60. The molecule has 1 N–H and O–H groups in total. The smallest absolute Gasteiger partial charge is 0.293 e. The fraction of sp³-hybridized carbons (Fsp3) is 0.300. The van der Waals surface area contributed by atoms with Crippen LogP contribution in [0.2, 0.25) is 0 Å². The molecule has 0 saturated carbocycles. The first-order chi connectivity index (χ1) is 17.8. The molecule has 3 aromatic rings. The maximum absolute atomic E-state index is 12.6. The quantitative estimate of drug-likeness (QED) is 0.226. The summed E-state index contributed by atoms with van der Waals surface area (Å²) in [6, 6.07) is 17.2. The molecular weight excluding hydrogens is 466 g/mol. The molecular formula is C30H33N3O4. The SMILES string of the molecule is COc1ccccc1C1CCN(c2ccc(C=CC(=O)Nc3c(C)cc(C)cc3C)cc2[N+](=O)[O-])CC1. The summed E-state index contributed by atoms with van der Waals surface area (Å²) in [4.78, 5) is 26.2. The van der Waals surface area contributed by atoms with Crippen molar-refractivity contribution in [3.8, 4) is 5.75 Å². The van der Waals surface area contributed by atoms with Gasteiger partial charge in [-0.1, -0.05) is 42.0 Å². The summed E-state index contributed by atoms with van der Waals surface area (Å²) < 4.78 is 5.53. The number of carbonyl (C=O) groups is 1. The maximum Gasteiger partial charge on any atom is 0.293 e. The zero-order chi connectivity index (χ0) is 26.5. The highest BCUT2D eigenvalue weighted by atomic mass is 16.6. The van der Waals surface area contributed by atoms with E-state index in [9.17, 15) is 14.9 Å². The van der Waals surface area contributed by atoms with Crippen LogP contribution in [0, 0.1) is 30.9 Å². The molecule has 0 unspecified atom stereocenters. The average molecular weight is 500 g/mol. The van der Waals surface area contributed by atoms with Crippen molar-refractivity contribution >= 4 is 29.0 Å². The second-order valence-electron chi connectivity index (χ2n) is 9.60. The van der Waals surface area contributed by atoms with Crippen LogP contribution in [0.3, 0.4) is 0 Å². The topological polar surface area (TPSA) is 84.7 Å². The molecule has 1 aliphatic heterocycles. The fourth-order valence-corrected chi connectivity index (χ4v) is 5.21. The molecule has 0 spiro atoms. The van der Waals surface area contributed by atoms with Crippen LogP contribution in [0.4, 0.5) is 17.1 Å². The molecule has 0 aliphatic carbocycles. The number of piperidine rings is 1. The average Bonchev–Trinajstić information content (AvgIpc) is 2.89. The van der Waals surface area contributed by atoms with Gasteiger partial charge in [-0.25, -0.2) is 0 Å². The number of methoxy groups -OCH3 is 1. The zero-order valence-corrected chi connectivity index (χ0v) is 21.8. The Morgan fingerprint density at radius 3 is 2.38 bits per heavy atom. The lowest BCUT2D eigenvalue weighted by atomic mass is 9.88. The van der Waals surface area contributed by atoms with E-state index in [-0.39, 0.29) is 16.5 Å². The van der Waals surface area contributed by atoms with Crippen molar-refractivity contribution in [1.82, 2.24) is 0 Å². The summed E-state index contributed by atoms with van der Waals surface area (Å²) in [6.45, 7) is 7.37. The van der Waals surface area contributed by atoms with Crippen LogP contribution in [-0.4, -0.2) is 31.0 Å². The lowest BCUT2D eigenvalue weighted by Gasteiger charge is -2.34. The van der Waals surface area contributed by atoms with E-state index in [1.54, 1.807) is 19.3 Å². The van der Waals surface area contributed by atoms with Crippen molar-refractivity contribution in [3.05, 3.63) is 98.6 Å². The van der Waals surface area contributed by atoms with Crippen LogP contribution in [0.1, 0.15) is 46.6 Å². The van der Waals surface area contributed by atoms with Gasteiger partial charge in [0.05, 0.1) is 12.0 Å². The Balaban J connectivity index is 1.46. The van der Waals surface area contributed by atoms with Crippen LogP contribution in [0.25, 0.3) is 6.08 Å². The normalized spacial score (nSPS) is 14.1. The first-order valence-corrected chi connectivity index (χ1v) is 12.5. The molecule has 1 saturated heterocycles. The van der Waals surface area contributed by atoms with Crippen molar-refractivity contribution in [2.45, 2.75) is 39.5 Å². The monoisotopic (exact) mass is 499 g/mol. The fourth-order valence-electron chi connectivity index (χ4n) is 5.21. The lowest BCUT2D eigenvalue weighted by molar-refractivity contribution is -0.384. The number of amides is 1. The van der Waals surface area contributed by atoms with Gasteiger partial charge in [0.15, 0.2) is 0 Å². The highest BCUT2D eigenvalue weighted by Gasteiger charge is 2.27. The summed E-state index contributed by atoms with van der Waals surface area (Å²) >= 11 is 0. The third kappa shape index (κ3) is 6.00. The molecule has 1 heterocycles. The predicted octanol–water partition coefficient (Wildman–Crippen LogP) is 6.56. The van der Waals surface area contributed by atoms with Crippen LogP contribution in [0.15, 0.2) is 60.7 Å². The van der Waals surface area contributed by atoms with Crippen molar-refractivity contribution in [1.29, 1.82) is 0 Å². The number of rotatable bonds is 7. The number of nitrogens with zero attached hydrogens (tertiary/aromatic N) is 2. The Hall–Kier alpha value is -4.13. The summed E-state index contributed by atoms with van der Waals surface area (Å²) in [5.41, 5.74) is 6.36. The van der Waals surface area contributed by atoms with Crippen LogP contribution >= 0.6 is 0 Å². The van der Waals surface area contributed by atoms with Crippen LogP contribution < -0.4 is 15.0 Å². The number of hydrogen-bond acceptors (Lipinski definition) is 5. The molecule has 1 aliphatic rings. The third-order valence-electron chi connectivity index (χ3n) is 6.96. The standard InChI is InChI=1S/C30H33N3O4/c1-20-17-21(2)30(22(3)18-20)31-29(34)12-10-23-9-11-26(27(19-23)33(35)36)32-15-13-24(14-16-32)25-7-5-6-8-28(25)37-4/h5-12,17-19,24H,13-16H2,1-4H3,(H,31,34). The van der Waals surface area contributed by atoms with Crippen LogP contribution in [0.5, 0.6) is 5.75 Å². The summed E-state index contributed by atoms with van der Waals surface area (Å²) in [6.07, 6.45) is 4.80. The number of aryl methyl sites for hydroxylation is 3. The number of anilines is 2. The molecule has 0 bridgehead atoms. The van der Waals surface area contributed by atoms with E-state index in [1.165, 1.54) is 17.7 Å². The first-order valence-electron chi connectivity index (χ1n) is 12.5. The number of nitro benzene ring substituents is 1. The van der Waals surface area contributed by atoms with Gasteiger partial charge in [0.1, 0.15) is 11.4 Å². The van der Waals surface area contributed by atoms with Gasteiger partial charge in [-0.15, -0.1) is 0 Å². The number of nitro groups is 1. The van der Waals surface area contributed by atoms with E-state index in [1.807, 2.05) is 57.2 Å². The number of carbonyl (C=O) groups excluding carboxylic acids is 1. The van der Waals surface area contributed by atoms with E-state index < -0.39 is 0 Å². The minimum absolute atomic E-state index is 0.0449. The highest BCUT2D eigenvalue weighted by Crippen LogP contribution is 2.38. The Morgan fingerprint density at radius 1 is 1.05 bits per heavy atom. The van der Waals surface area contributed by atoms with E-state index in [2.05, 4.69) is 16.3 Å². The predicted molar refractivity (Wildman–Crippen MR) is 149 cm³/mol. The van der Waals surface area contributed by atoms with Crippen molar-refractivity contribution in [3.63, 3.8) is 0 Å². The van der Waals surface area contributed by atoms with Gasteiger partial charge in [0.25, 0.3) is 5.69 Å². The van der Waals surface area contributed by atoms with Gasteiger partial charge < -0.3 is 15.0 Å². The minimum Gasteiger partial charge on any atom is -0.496 e. The van der Waals surface area contributed by atoms with Crippen molar-refractivity contribution < 1.29 is 14.5 Å². The minimum atomic E-state index is -0.349. The van der Waals surface area contributed by atoms with E-state index in [0.29, 0.717) is 17.2 Å². The largest absolute Gasteiger partial charge is 0.496 e. The van der Waals surface area contributed by atoms with Crippen molar-refractivity contribution in [2.75, 3.05) is 30.4 Å². The number of para-hydroxylation sites is 1. The van der Waals surface area contributed by atoms with E-state index in [0.717, 1.165) is 54.1 Å². The van der Waals surface area contributed by atoms with Gasteiger partial charge in [0.2, 0.25) is 5.91 Å². The van der Waals surface area contributed by atoms with Gasteiger partial charge in [-0.05, 0) is 80.0 Å². The molecule has 0 atom stereocenters.